The van der Waals surface area contributed by atoms with Gasteiger partial charge >= 0.3 is 6.18 Å². The summed E-state index contributed by atoms with van der Waals surface area (Å²) < 4.78 is 106. The molecular formula is C24H22F6N2O4S. The van der Waals surface area contributed by atoms with Crippen molar-refractivity contribution in [1.29, 1.82) is 0 Å². The molecule has 13 heteroatoms. The quantitative estimate of drug-likeness (QED) is 0.429. The zero-order valence-corrected chi connectivity index (χ0v) is 20.2. The number of nitrogens with one attached hydrogen (secondary N) is 1. The average molecular weight is 549 g/mol. The Balaban J connectivity index is 1.59. The summed E-state index contributed by atoms with van der Waals surface area (Å²) in [7, 11) is -4.12. The van der Waals surface area contributed by atoms with Crippen LogP contribution < -0.4 is 5.32 Å². The van der Waals surface area contributed by atoms with Crippen LogP contribution in [0.3, 0.4) is 0 Å². The van der Waals surface area contributed by atoms with Crippen molar-refractivity contribution in [2.24, 2.45) is 5.92 Å². The zero-order chi connectivity index (χ0) is 27.3. The number of hydrogen-bond acceptors (Lipinski definition) is 4. The number of rotatable bonds is 6. The number of hydrogen-bond donors (Lipinski definition) is 1. The van der Waals surface area contributed by atoms with Gasteiger partial charge in [-0.1, -0.05) is 6.07 Å². The van der Waals surface area contributed by atoms with Gasteiger partial charge in [-0.2, -0.15) is 13.2 Å². The molecule has 0 aromatic heterocycles. The maximum atomic E-state index is 14.9. The van der Waals surface area contributed by atoms with Crippen LogP contribution in [0.5, 0.6) is 0 Å². The lowest BCUT2D eigenvalue weighted by molar-refractivity contribution is -0.137. The maximum Gasteiger partial charge on any atom is 0.416 e. The number of benzene rings is 2. The number of carbonyl (C=O) groups excluding carboxylic acids is 2. The Bertz CT molecular complexity index is 1360. The number of likely N-dealkylation sites (tertiary alicyclic amines) is 1. The minimum Gasteiger partial charge on any atom is -0.347 e. The van der Waals surface area contributed by atoms with E-state index in [-0.39, 0.29) is 24.4 Å². The largest absolute Gasteiger partial charge is 0.416 e. The fraction of sp³-hybridized carbons (Fsp3) is 0.417. The molecule has 6 nitrogen and oxygen atoms in total. The molecule has 2 amide bonds. The number of amides is 2. The van der Waals surface area contributed by atoms with Crippen LogP contribution in [0.1, 0.15) is 53.2 Å². The van der Waals surface area contributed by atoms with E-state index in [0.717, 1.165) is 11.0 Å². The van der Waals surface area contributed by atoms with E-state index < -0.39 is 73.4 Å². The van der Waals surface area contributed by atoms with E-state index in [0.29, 0.717) is 49.8 Å². The van der Waals surface area contributed by atoms with Gasteiger partial charge in [0.25, 0.3) is 5.91 Å². The first-order chi connectivity index (χ1) is 17.2. The van der Waals surface area contributed by atoms with Crippen molar-refractivity contribution in [3.63, 3.8) is 0 Å². The molecule has 37 heavy (non-hydrogen) atoms. The third kappa shape index (κ3) is 5.46. The first kappa shape index (κ1) is 27.0. The molecule has 1 unspecified atom stereocenters. The highest BCUT2D eigenvalue weighted by molar-refractivity contribution is 7.90. The highest BCUT2D eigenvalue weighted by Gasteiger charge is 2.41. The summed E-state index contributed by atoms with van der Waals surface area (Å²) in [6.45, 7) is -0.0539. The third-order valence-corrected chi connectivity index (χ3v) is 7.65. The Morgan fingerprint density at radius 2 is 1.70 bits per heavy atom. The number of nitrogens with zero attached hydrogens (tertiary/aromatic N) is 1. The molecule has 1 N–H and O–H groups in total. The number of halogens is 6. The first-order valence-electron chi connectivity index (χ1n) is 11.4. The van der Waals surface area contributed by atoms with Crippen molar-refractivity contribution in [1.82, 2.24) is 10.2 Å². The monoisotopic (exact) mass is 548 g/mol. The molecule has 0 spiro atoms. The molecule has 2 aromatic rings. The van der Waals surface area contributed by atoms with Gasteiger partial charge in [-0.25, -0.2) is 21.6 Å². The Kier molecular flexibility index (Phi) is 7.04. The first-order valence-corrected chi connectivity index (χ1v) is 13.3. The van der Waals surface area contributed by atoms with E-state index in [1.54, 1.807) is 0 Å². The van der Waals surface area contributed by atoms with E-state index in [1.807, 2.05) is 0 Å². The SMILES string of the molecule is CS(=O)(=O)c1ccc(F)c(C(=O)N2CCC[C@@H]2C(=O)NC(c2ccc(C(F)(F)F)cc2F)C2CC2)c1F. The third-order valence-electron chi connectivity index (χ3n) is 6.54. The van der Waals surface area contributed by atoms with Gasteiger partial charge in [-0.3, -0.25) is 9.59 Å². The zero-order valence-electron chi connectivity index (χ0n) is 19.4. The van der Waals surface area contributed by atoms with Gasteiger partial charge in [0.15, 0.2) is 15.7 Å². The Morgan fingerprint density at radius 3 is 2.27 bits per heavy atom. The van der Waals surface area contributed by atoms with Gasteiger partial charge in [0, 0.05) is 18.4 Å². The summed E-state index contributed by atoms with van der Waals surface area (Å²) in [5.41, 5.74) is -2.43. The normalized spacial score (nSPS) is 19.1. The van der Waals surface area contributed by atoms with E-state index >= 15 is 0 Å². The fourth-order valence-corrected chi connectivity index (χ4v) is 5.27. The molecule has 1 aliphatic heterocycles. The molecule has 1 heterocycles. The second kappa shape index (κ2) is 9.66. The maximum absolute atomic E-state index is 14.9. The highest BCUT2D eigenvalue weighted by atomic mass is 32.2. The smallest absolute Gasteiger partial charge is 0.347 e. The van der Waals surface area contributed by atoms with Gasteiger partial charge in [-0.05, 0) is 55.9 Å². The summed E-state index contributed by atoms with van der Waals surface area (Å²) in [5.74, 6) is -6.23. The van der Waals surface area contributed by atoms with E-state index in [4.69, 9.17) is 0 Å². The van der Waals surface area contributed by atoms with Gasteiger partial charge in [-0.15, -0.1) is 0 Å². The van der Waals surface area contributed by atoms with Crippen molar-refractivity contribution in [3.05, 3.63) is 64.5 Å². The number of carbonyl (C=O) groups is 2. The summed E-state index contributed by atoms with van der Waals surface area (Å²) >= 11 is 0. The second-order valence-corrected chi connectivity index (χ2v) is 11.2. The van der Waals surface area contributed by atoms with Gasteiger partial charge in [0.1, 0.15) is 28.1 Å². The molecule has 4 rings (SSSR count). The molecule has 2 aromatic carbocycles. The molecule has 200 valence electrons. The van der Waals surface area contributed by atoms with E-state index in [2.05, 4.69) is 5.32 Å². The van der Waals surface area contributed by atoms with E-state index in [1.165, 1.54) is 0 Å². The molecule has 2 aliphatic rings. The molecule has 2 fully saturated rings. The second-order valence-electron chi connectivity index (χ2n) is 9.22. The number of sulfone groups is 1. The Morgan fingerprint density at radius 1 is 1.03 bits per heavy atom. The van der Waals surface area contributed by atoms with E-state index in [9.17, 15) is 44.3 Å². The van der Waals surface area contributed by atoms with Gasteiger partial charge < -0.3 is 10.2 Å². The lowest BCUT2D eigenvalue weighted by atomic mass is 9.99. The summed E-state index contributed by atoms with van der Waals surface area (Å²) in [4.78, 5) is 26.3. The van der Waals surface area contributed by atoms with Crippen molar-refractivity contribution in [2.45, 2.75) is 48.8 Å². The standard InChI is InChI=1S/C24H22F6N2O4S/c1-37(35,36)18-9-8-15(25)19(20(18)27)23(34)32-10-2-3-17(32)22(33)31-21(12-4-5-12)14-7-6-13(11-16(14)26)24(28,29)30/h6-9,11-12,17,21H,2-5,10H2,1H3,(H,31,33)/t17-,21?/m1/s1. The predicted molar refractivity (Wildman–Crippen MR) is 119 cm³/mol. The Labute approximate surface area is 208 Å². The Hall–Kier alpha value is -3.09. The van der Waals surface area contributed by atoms with Crippen LogP contribution in [-0.2, 0) is 20.8 Å². The van der Waals surface area contributed by atoms with Crippen molar-refractivity contribution < 1.29 is 44.3 Å². The molecule has 1 saturated heterocycles. The van der Waals surface area contributed by atoms with Crippen LogP contribution in [0, 0.1) is 23.4 Å². The van der Waals surface area contributed by atoms with Crippen LogP contribution in [0.15, 0.2) is 35.2 Å². The van der Waals surface area contributed by atoms with Gasteiger partial charge in [0.2, 0.25) is 5.91 Å². The molecule has 0 radical (unpaired) electrons. The fourth-order valence-electron chi connectivity index (χ4n) is 4.53. The lowest BCUT2D eigenvalue weighted by Crippen LogP contribution is -2.47. The topological polar surface area (TPSA) is 83.6 Å². The predicted octanol–water partition coefficient (Wildman–Crippen LogP) is 4.40. The molecular weight excluding hydrogens is 526 g/mol. The lowest BCUT2D eigenvalue weighted by Gasteiger charge is -2.27. The minimum absolute atomic E-state index is 0.0539. The van der Waals surface area contributed by atoms with Crippen molar-refractivity contribution in [3.8, 4) is 0 Å². The highest BCUT2D eigenvalue weighted by Crippen LogP contribution is 2.43. The van der Waals surface area contributed by atoms with Crippen molar-refractivity contribution in [2.75, 3.05) is 12.8 Å². The van der Waals surface area contributed by atoms with Crippen LogP contribution in [-0.4, -0.2) is 44.0 Å². The molecule has 1 aliphatic carbocycles. The summed E-state index contributed by atoms with van der Waals surface area (Å²) in [5, 5.41) is 2.60. The van der Waals surface area contributed by atoms with Crippen molar-refractivity contribution >= 4 is 21.7 Å². The summed E-state index contributed by atoms with van der Waals surface area (Å²) in [6.07, 6.45) is -2.47. The molecule has 1 saturated carbocycles. The van der Waals surface area contributed by atoms with Crippen LogP contribution in [0.25, 0.3) is 0 Å². The van der Waals surface area contributed by atoms with Crippen LogP contribution in [0.4, 0.5) is 26.3 Å². The van der Waals surface area contributed by atoms with Gasteiger partial charge in [0.05, 0.1) is 11.6 Å². The summed E-state index contributed by atoms with van der Waals surface area (Å²) in [6, 6.07) is 1.20. The van der Waals surface area contributed by atoms with Crippen LogP contribution >= 0.6 is 0 Å². The van der Waals surface area contributed by atoms with Crippen LogP contribution in [0.2, 0.25) is 0 Å². The number of alkyl halides is 3. The molecule has 0 bridgehead atoms. The average Bonchev–Trinajstić information content (AvgIpc) is 3.51. The minimum atomic E-state index is -4.75. The molecule has 2 atom stereocenters.